The Kier molecular flexibility index (Phi) is 5.14. The van der Waals surface area contributed by atoms with E-state index in [2.05, 4.69) is 115 Å². The van der Waals surface area contributed by atoms with Crippen molar-refractivity contribution in [3.63, 3.8) is 0 Å². The van der Waals surface area contributed by atoms with E-state index in [1.165, 1.54) is 16.7 Å². The van der Waals surface area contributed by atoms with Crippen molar-refractivity contribution >= 4 is 54.9 Å². The molecular weight excluding hydrogens is 528 g/mol. The molecule has 0 saturated carbocycles. The van der Waals surface area contributed by atoms with Crippen LogP contribution >= 0.6 is 0 Å². The lowest BCUT2D eigenvalue weighted by Gasteiger charge is -2.10. The maximum absolute atomic E-state index is 6.34. The van der Waals surface area contributed by atoms with E-state index in [0.29, 0.717) is 0 Å². The number of para-hydroxylation sites is 3. The van der Waals surface area contributed by atoms with Crippen LogP contribution in [0.15, 0.2) is 136 Å². The molecule has 0 aliphatic carbocycles. The fourth-order valence-electron chi connectivity index (χ4n) is 6.46. The van der Waals surface area contributed by atoms with Crippen LogP contribution in [0.3, 0.4) is 0 Å². The molecule has 9 rings (SSSR count). The summed E-state index contributed by atoms with van der Waals surface area (Å²) in [5, 5.41) is 4.34. The Labute approximate surface area is 247 Å². The van der Waals surface area contributed by atoms with Gasteiger partial charge >= 0.3 is 0 Å². The van der Waals surface area contributed by atoms with E-state index in [1.54, 1.807) is 0 Å². The largest absolute Gasteiger partial charge is 0.452 e. The maximum atomic E-state index is 6.34. The van der Waals surface area contributed by atoms with Crippen LogP contribution in [0.4, 0.5) is 0 Å². The zero-order chi connectivity index (χ0) is 28.5. The van der Waals surface area contributed by atoms with Gasteiger partial charge in [0, 0.05) is 33.7 Å². The van der Waals surface area contributed by atoms with Gasteiger partial charge in [0.25, 0.3) is 0 Å². The predicted molar refractivity (Wildman–Crippen MR) is 176 cm³/mol. The molecule has 0 aliphatic rings. The number of benzene rings is 6. The van der Waals surface area contributed by atoms with Crippen molar-refractivity contribution in [3.05, 3.63) is 133 Å². The van der Waals surface area contributed by atoms with Gasteiger partial charge in [-0.1, -0.05) is 79.7 Å². The lowest BCUT2D eigenvalue weighted by Crippen LogP contribution is -1.99. The number of hydrogen-bond donors (Lipinski definition) is 0. The average molecular weight is 555 g/mol. The van der Waals surface area contributed by atoms with E-state index in [0.717, 1.165) is 78.4 Å². The normalized spacial score (nSPS) is 11.9. The van der Waals surface area contributed by atoms with Gasteiger partial charge in [0.1, 0.15) is 17.0 Å². The van der Waals surface area contributed by atoms with Gasteiger partial charge in [-0.3, -0.25) is 4.57 Å². The first-order valence-electron chi connectivity index (χ1n) is 14.7. The summed E-state index contributed by atoms with van der Waals surface area (Å²) in [6.45, 7) is 2.15. The summed E-state index contributed by atoms with van der Waals surface area (Å²) in [6.07, 6.45) is 0.878. The SMILES string of the molecule is CCc1nc2ccccc2n1-c1ccc(-c2ccc(-c3ccc4oc5c(ccc6c7ccccc7oc65)c4c3)cc2)cc1. The summed E-state index contributed by atoms with van der Waals surface area (Å²) >= 11 is 0. The van der Waals surface area contributed by atoms with Crippen molar-refractivity contribution < 1.29 is 8.83 Å². The van der Waals surface area contributed by atoms with Gasteiger partial charge in [-0.15, -0.1) is 0 Å². The van der Waals surface area contributed by atoms with Gasteiger partial charge in [0.05, 0.1) is 11.0 Å². The minimum Gasteiger partial charge on any atom is -0.452 e. The number of aromatic nitrogens is 2. The molecule has 0 N–H and O–H groups in total. The predicted octanol–water partition coefficient (Wildman–Crippen LogP) is 10.7. The molecule has 0 saturated heterocycles. The van der Waals surface area contributed by atoms with Gasteiger partial charge in [0.2, 0.25) is 0 Å². The molecule has 9 aromatic rings. The number of hydrogen-bond acceptors (Lipinski definition) is 3. The molecule has 6 aromatic carbocycles. The van der Waals surface area contributed by atoms with Crippen LogP contribution in [-0.4, -0.2) is 9.55 Å². The zero-order valence-electron chi connectivity index (χ0n) is 23.5. The second kappa shape index (κ2) is 9.20. The van der Waals surface area contributed by atoms with Crippen molar-refractivity contribution in [2.45, 2.75) is 13.3 Å². The third-order valence-corrected chi connectivity index (χ3v) is 8.61. The van der Waals surface area contributed by atoms with Crippen LogP contribution in [0.1, 0.15) is 12.7 Å². The molecule has 3 aromatic heterocycles. The Morgan fingerprint density at radius 2 is 1.12 bits per heavy atom. The Bertz CT molecular complexity index is 2470. The van der Waals surface area contributed by atoms with Gasteiger partial charge in [-0.05, 0) is 76.9 Å². The van der Waals surface area contributed by atoms with Crippen molar-refractivity contribution in [3.8, 4) is 27.9 Å². The number of rotatable bonds is 4. The number of fused-ring (bicyclic) bond motifs is 8. The Balaban J connectivity index is 1.06. The van der Waals surface area contributed by atoms with Gasteiger partial charge < -0.3 is 8.83 Å². The van der Waals surface area contributed by atoms with E-state index in [-0.39, 0.29) is 0 Å². The molecule has 4 heteroatoms. The summed E-state index contributed by atoms with van der Waals surface area (Å²) in [6, 6.07) is 44.7. The van der Waals surface area contributed by atoms with E-state index in [1.807, 2.05) is 24.3 Å². The lowest BCUT2D eigenvalue weighted by atomic mass is 9.99. The Morgan fingerprint density at radius 1 is 0.535 bits per heavy atom. The van der Waals surface area contributed by atoms with Crippen LogP contribution in [-0.2, 0) is 6.42 Å². The summed E-state index contributed by atoms with van der Waals surface area (Å²) in [4.78, 5) is 4.83. The number of furan rings is 2. The van der Waals surface area contributed by atoms with E-state index < -0.39 is 0 Å². The topological polar surface area (TPSA) is 44.1 Å². The highest BCUT2D eigenvalue weighted by molar-refractivity contribution is 6.19. The van der Waals surface area contributed by atoms with Crippen LogP contribution < -0.4 is 0 Å². The van der Waals surface area contributed by atoms with Crippen molar-refractivity contribution in [1.82, 2.24) is 9.55 Å². The first-order valence-corrected chi connectivity index (χ1v) is 14.7. The second-order valence-electron chi connectivity index (χ2n) is 11.1. The van der Waals surface area contributed by atoms with Gasteiger partial charge in [-0.2, -0.15) is 0 Å². The minimum atomic E-state index is 0.800. The molecule has 43 heavy (non-hydrogen) atoms. The molecule has 0 unspecified atom stereocenters. The summed E-state index contributed by atoms with van der Waals surface area (Å²) in [5.41, 5.74) is 11.3. The zero-order valence-corrected chi connectivity index (χ0v) is 23.5. The molecular formula is C39H26N2O2. The highest BCUT2D eigenvalue weighted by Crippen LogP contribution is 2.39. The minimum absolute atomic E-state index is 0.800. The second-order valence-corrected chi connectivity index (χ2v) is 11.1. The highest BCUT2D eigenvalue weighted by Gasteiger charge is 2.16. The summed E-state index contributed by atoms with van der Waals surface area (Å²) in [5.74, 6) is 1.07. The van der Waals surface area contributed by atoms with Crippen molar-refractivity contribution in [1.29, 1.82) is 0 Å². The quantitative estimate of drug-likeness (QED) is 0.217. The Hall–Kier alpha value is -5.61. The fourth-order valence-corrected chi connectivity index (χ4v) is 6.46. The summed E-state index contributed by atoms with van der Waals surface area (Å²) in [7, 11) is 0. The molecule has 0 radical (unpaired) electrons. The lowest BCUT2D eigenvalue weighted by molar-refractivity contribution is 0.633. The third-order valence-electron chi connectivity index (χ3n) is 8.61. The van der Waals surface area contributed by atoms with Crippen LogP contribution in [0.2, 0.25) is 0 Å². The number of nitrogens with zero attached hydrogens (tertiary/aromatic N) is 2. The first-order chi connectivity index (χ1) is 21.2. The first kappa shape index (κ1) is 24.0. The van der Waals surface area contributed by atoms with Crippen LogP contribution in [0.25, 0.3) is 82.9 Å². The van der Waals surface area contributed by atoms with Crippen molar-refractivity contribution in [2.24, 2.45) is 0 Å². The molecule has 0 bridgehead atoms. The molecule has 0 atom stereocenters. The number of aryl methyl sites for hydroxylation is 1. The van der Waals surface area contributed by atoms with Crippen LogP contribution in [0, 0.1) is 0 Å². The average Bonchev–Trinajstić information content (AvgIpc) is 3.75. The molecule has 204 valence electrons. The van der Waals surface area contributed by atoms with E-state index >= 15 is 0 Å². The molecule has 0 amide bonds. The third kappa shape index (κ3) is 3.66. The number of imidazole rings is 1. The molecule has 0 spiro atoms. The fraction of sp³-hybridized carbons (Fsp3) is 0.0513. The summed E-state index contributed by atoms with van der Waals surface area (Å²) < 4.78 is 14.8. The standard InChI is InChI=1S/C39H26N2O2/c1-2-37-40-33-8-4-5-9-34(33)41(37)28-18-15-25(16-19-28)24-11-13-26(14-12-24)27-17-22-36-32(23-27)31-21-20-30-29-7-3-6-10-35(29)42-38(30)39(31)43-36/h3-23H,2H2,1H3. The monoisotopic (exact) mass is 554 g/mol. The highest BCUT2D eigenvalue weighted by atomic mass is 16.4. The molecule has 0 fully saturated rings. The maximum Gasteiger partial charge on any atom is 0.178 e. The van der Waals surface area contributed by atoms with Gasteiger partial charge in [0.15, 0.2) is 11.2 Å². The molecule has 0 aliphatic heterocycles. The molecule has 3 heterocycles. The van der Waals surface area contributed by atoms with Crippen LogP contribution in [0.5, 0.6) is 0 Å². The molecule has 4 nitrogen and oxygen atoms in total. The smallest absolute Gasteiger partial charge is 0.178 e. The van der Waals surface area contributed by atoms with Crippen molar-refractivity contribution in [2.75, 3.05) is 0 Å². The van der Waals surface area contributed by atoms with E-state index in [4.69, 9.17) is 13.8 Å². The van der Waals surface area contributed by atoms with E-state index in [9.17, 15) is 0 Å². The Morgan fingerprint density at radius 3 is 1.86 bits per heavy atom. The van der Waals surface area contributed by atoms with Gasteiger partial charge in [-0.25, -0.2) is 4.98 Å².